The minimum Gasteiger partial charge on any atom is -0.493 e. The van der Waals surface area contributed by atoms with E-state index in [9.17, 15) is 14.7 Å². The molecule has 0 saturated heterocycles. The molecule has 1 aliphatic rings. The zero-order chi connectivity index (χ0) is 21.2. The Labute approximate surface area is 178 Å². The van der Waals surface area contributed by atoms with Crippen molar-refractivity contribution in [2.75, 3.05) is 25.7 Å². The molecule has 1 atom stereocenters. The summed E-state index contributed by atoms with van der Waals surface area (Å²) in [4.78, 5) is 27.7. The van der Waals surface area contributed by atoms with E-state index >= 15 is 0 Å². The Morgan fingerprint density at radius 1 is 1.14 bits per heavy atom. The lowest BCUT2D eigenvalue weighted by Gasteiger charge is -2.23. The fourth-order valence-electron chi connectivity index (χ4n) is 3.58. The Morgan fingerprint density at radius 2 is 1.86 bits per heavy atom. The van der Waals surface area contributed by atoms with Crippen LogP contribution in [0.4, 0.5) is 5.69 Å². The number of amides is 1. The summed E-state index contributed by atoms with van der Waals surface area (Å²) in [7, 11) is 3.00. The number of halogens is 1. The average molecular weight is 462 g/mol. The molecule has 2 aromatic rings. The van der Waals surface area contributed by atoms with Crippen LogP contribution in [0.3, 0.4) is 0 Å². The molecule has 1 aliphatic heterocycles. The van der Waals surface area contributed by atoms with Crippen LogP contribution in [-0.2, 0) is 10.4 Å². The van der Waals surface area contributed by atoms with Gasteiger partial charge >= 0.3 is 0 Å². The number of carbonyl (C=O) groups excluding carboxylic acids is 2. The molecule has 0 aliphatic carbocycles. The van der Waals surface area contributed by atoms with E-state index < -0.39 is 11.5 Å². The molecule has 0 saturated carbocycles. The maximum absolute atomic E-state index is 13.2. The number of nitrogens with zero attached hydrogens (tertiary/aromatic N) is 1. The predicted octanol–water partition coefficient (Wildman–Crippen LogP) is 4.07. The third kappa shape index (κ3) is 3.89. The minimum atomic E-state index is -1.91. The highest BCUT2D eigenvalue weighted by atomic mass is 79.9. The van der Waals surface area contributed by atoms with E-state index in [1.807, 2.05) is 13.0 Å². The predicted molar refractivity (Wildman–Crippen MR) is 114 cm³/mol. The van der Waals surface area contributed by atoms with Crippen LogP contribution in [0.15, 0.2) is 40.9 Å². The molecule has 1 heterocycles. The molecule has 0 unspecified atom stereocenters. The van der Waals surface area contributed by atoms with Gasteiger partial charge in [-0.3, -0.25) is 9.59 Å². The Morgan fingerprint density at radius 3 is 2.52 bits per heavy atom. The molecular formula is C22H24BrNO5. The van der Waals surface area contributed by atoms with E-state index in [1.54, 1.807) is 35.2 Å². The lowest BCUT2D eigenvalue weighted by molar-refractivity contribution is -0.135. The molecule has 7 heteroatoms. The smallest absolute Gasteiger partial charge is 0.264 e. The van der Waals surface area contributed by atoms with Gasteiger partial charge in [0.15, 0.2) is 22.9 Å². The van der Waals surface area contributed by atoms with Gasteiger partial charge in [0, 0.05) is 22.1 Å². The molecule has 3 rings (SSSR count). The molecule has 0 aromatic heterocycles. The van der Waals surface area contributed by atoms with E-state index in [0.717, 1.165) is 17.3 Å². The van der Waals surface area contributed by atoms with Gasteiger partial charge in [-0.2, -0.15) is 0 Å². The highest BCUT2D eigenvalue weighted by Crippen LogP contribution is 2.44. The molecule has 0 fully saturated rings. The van der Waals surface area contributed by atoms with Crippen LogP contribution < -0.4 is 14.4 Å². The Kier molecular flexibility index (Phi) is 6.29. The number of unbranched alkanes of at least 4 members (excludes halogenated alkanes) is 1. The maximum atomic E-state index is 13.2. The van der Waals surface area contributed by atoms with E-state index in [1.165, 1.54) is 14.2 Å². The van der Waals surface area contributed by atoms with Crippen LogP contribution in [0, 0.1) is 0 Å². The number of hydrogen-bond acceptors (Lipinski definition) is 5. The van der Waals surface area contributed by atoms with Crippen LogP contribution in [0.25, 0.3) is 0 Å². The zero-order valence-corrected chi connectivity index (χ0v) is 18.3. The second kappa shape index (κ2) is 8.55. The highest BCUT2D eigenvalue weighted by molar-refractivity contribution is 9.10. The van der Waals surface area contributed by atoms with E-state index in [4.69, 9.17) is 9.47 Å². The zero-order valence-electron chi connectivity index (χ0n) is 16.7. The van der Waals surface area contributed by atoms with Crippen molar-refractivity contribution in [2.45, 2.75) is 31.8 Å². The second-order valence-corrected chi connectivity index (χ2v) is 7.92. The molecule has 0 bridgehead atoms. The van der Waals surface area contributed by atoms with E-state index in [2.05, 4.69) is 15.9 Å². The van der Waals surface area contributed by atoms with Crippen molar-refractivity contribution in [3.05, 3.63) is 52.0 Å². The molecule has 2 aromatic carbocycles. The summed E-state index contributed by atoms with van der Waals surface area (Å²) < 4.78 is 11.2. The highest BCUT2D eigenvalue weighted by Gasteiger charge is 2.50. The molecule has 154 valence electrons. The summed E-state index contributed by atoms with van der Waals surface area (Å²) in [5.74, 6) is 0.0912. The first-order valence-electron chi connectivity index (χ1n) is 9.45. The number of carbonyl (C=O) groups is 2. The van der Waals surface area contributed by atoms with Gasteiger partial charge in [-0.1, -0.05) is 29.3 Å². The first-order valence-corrected chi connectivity index (χ1v) is 10.2. The Bertz CT molecular complexity index is 945. The average Bonchev–Trinajstić information content (AvgIpc) is 2.92. The summed E-state index contributed by atoms with van der Waals surface area (Å²) in [5, 5.41) is 11.4. The number of anilines is 1. The number of hydrogen-bond donors (Lipinski definition) is 1. The number of fused-ring (bicyclic) bond motifs is 1. The van der Waals surface area contributed by atoms with Crippen molar-refractivity contribution in [3.63, 3.8) is 0 Å². The van der Waals surface area contributed by atoms with E-state index in [-0.39, 0.29) is 12.2 Å². The third-order valence-corrected chi connectivity index (χ3v) is 5.64. The SMILES string of the molecule is CCCCN1C(=O)[C@@](O)(CC(=O)c2ccc(OC)c(OC)c2)c2cc(Br)ccc21. The quantitative estimate of drug-likeness (QED) is 0.599. The second-order valence-electron chi connectivity index (χ2n) is 7.00. The first kappa shape index (κ1) is 21.3. The van der Waals surface area contributed by atoms with Gasteiger partial charge in [0.2, 0.25) is 0 Å². The number of rotatable bonds is 8. The number of ether oxygens (including phenoxy) is 2. The lowest BCUT2D eigenvalue weighted by Crippen LogP contribution is -2.42. The van der Waals surface area contributed by atoms with Gasteiger partial charge in [0.1, 0.15) is 0 Å². The maximum Gasteiger partial charge on any atom is 0.264 e. The topological polar surface area (TPSA) is 76.1 Å². The van der Waals surface area contributed by atoms with Crippen molar-refractivity contribution in [2.24, 2.45) is 0 Å². The number of Topliss-reactive ketones (excluding diaryl/α,β-unsaturated/α-hetero) is 1. The number of benzene rings is 2. The molecule has 1 amide bonds. The molecule has 1 N–H and O–H groups in total. The number of methoxy groups -OCH3 is 2. The summed E-state index contributed by atoms with van der Waals surface area (Å²) in [6, 6.07) is 10.1. The summed E-state index contributed by atoms with van der Waals surface area (Å²) in [6.07, 6.45) is 1.37. The molecule has 0 spiro atoms. The van der Waals surface area contributed by atoms with Crippen molar-refractivity contribution in [3.8, 4) is 11.5 Å². The van der Waals surface area contributed by atoms with Gasteiger partial charge in [0.25, 0.3) is 5.91 Å². The minimum absolute atomic E-state index is 0.340. The van der Waals surface area contributed by atoms with Gasteiger partial charge in [-0.05, 0) is 42.8 Å². The summed E-state index contributed by atoms with van der Waals surface area (Å²) in [5.41, 5.74) is -0.472. The Balaban J connectivity index is 1.96. The van der Waals surface area contributed by atoms with Crippen LogP contribution in [0.1, 0.15) is 42.1 Å². The number of ketones is 1. The summed E-state index contributed by atoms with van der Waals surface area (Å²) in [6.45, 7) is 2.53. The fraction of sp³-hybridized carbons (Fsp3) is 0.364. The van der Waals surface area contributed by atoms with Gasteiger partial charge in [-0.25, -0.2) is 0 Å². The third-order valence-electron chi connectivity index (χ3n) is 5.15. The molecule has 6 nitrogen and oxygen atoms in total. The molecule has 29 heavy (non-hydrogen) atoms. The lowest BCUT2D eigenvalue weighted by atomic mass is 9.88. The fourth-order valence-corrected chi connectivity index (χ4v) is 3.94. The van der Waals surface area contributed by atoms with Crippen molar-refractivity contribution in [1.29, 1.82) is 0 Å². The molecule has 0 radical (unpaired) electrons. The van der Waals surface area contributed by atoms with Gasteiger partial charge < -0.3 is 19.5 Å². The van der Waals surface area contributed by atoms with Gasteiger partial charge in [-0.15, -0.1) is 0 Å². The largest absolute Gasteiger partial charge is 0.493 e. The number of aliphatic hydroxyl groups is 1. The van der Waals surface area contributed by atoms with Gasteiger partial charge in [0.05, 0.1) is 26.3 Å². The van der Waals surface area contributed by atoms with Crippen LogP contribution in [0.2, 0.25) is 0 Å². The summed E-state index contributed by atoms with van der Waals surface area (Å²) >= 11 is 3.40. The normalized spacial score (nSPS) is 18.0. The standard InChI is InChI=1S/C22H24BrNO5/c1-4-5-10-24-17-8-7-15(23)12-16(17)22(27,21(24)26)13-18(25)14-6-9-19(28-2)20(11-14)29-3/h6-9,11-12,27H,4-5,10,13H2,1-3H3/t22-/m1/s1. The van der Waals surface area contributed by atoms with Crippen LogP contribution in [-0.4, -0.2) is 37.6 Å². The van der Waals surface area contributed by atoms with E-state index in [0.29, 0.717) is 34.9 Å². The molecular weight excluding hydrogens is 438 g/mol. The monoisotopic (exact) mass is 461 g/mol. The van der Waals surface area contributed by atoms with Crippen molar-refractivity contribution < 1.29 is 24.2 Å². The Hall–Kier alpha value is -2.38. The van der Waals surface area contributed by atoms with Crippen LogP contribution in [0.5, 0.6) is 11.5 Å². The first-order chi connectivity index (χ1) is 13.8. The van der Waals surface area contributed by atoms with Crippen molar-refractivity contribution in [1.82, 2.24) is 0 Å². The van der Waals surface area contributed by atoms with Crippen LogP contribution >= 0.6 is 15.9 Å². The van der Waals surface area contributed by atoms with Crippen molar-refractivity contribution >= 4 is 33.3 Å².